The largest absolute Gasteiger partial charge is 0.351 e. The first-order valence-corrected chi connectivity index (χ1v) is 11.6. The number of nitrogens with one attached hydrogen (secondary N) is 2. The fraction of sp³-hybridized carbons (Fsp3) is 0.286. The highest BCUT2D eigenvalue weighted by atomic mass is 16.1. The molecule has 1 aromatic carbocycles. The molecule has 2 heterocycles. The van der Waals surface area contributed by atoms with Crippen LogP contribution in [0.1, 0.15) is 47.4 Å². The molecule has 0 aliphatic rings. The van der Waals surface area contributed by atoms with Crippen LogP contribution >= 0.6 is 0 Å². The maximum absolute atomic E-state index is 12.7. The number of benzene rings is 1. The number of allylic oxidation sites excluding steroid dienone is 3. The van der Waals surface area contributed by atoms with Gasteiger partial charge in [-0.1, -0.05) is 30.7 Å². The Labute approximate surface area is 203 Å². The Morgan fingerprint density at radius 3 is 2.56 bits per heavy atom. The summed E-state index contributed by atoms with van der Waals surface area (Å²) in [5, 5.41) is 3.00. The van der Waals surface area contributed by atoms with E-state index in [0.717, 1.165) is 41.0 Å². The van der Waals surface area contributed by atoms with Gasteiger partial charge in [0.1, 0.15) is 0 Å². The molecule has 0 fully saturated rings. The molecular formula is C28H35N5O. The van der Waals surface area contributed by atoms with E-state index in [-0.39, 0.29) is 5.91 Å². The van der Waals surface area contributed by atoms with Gasteiger partial charge in [-0.3, -0.25) is 19.9 Å². The SMILES string of the molecule is CC/C(C)=C/C(=C\c1c(C)ccn1Nc1ccncc1)c1cccc(C(=O)NCCN(C)C)c1. The number of carbonyl (C=O) groups is 1. The molecule has 1 amide bonds. The summed E-state index contributed by atoms with van der Waals surface area (Å²) < 4.78 is 2.01. The summed E-state index contributed by atoms with van der Waals surface area (Å²) in [5.41, 5.74) is 10.6. The Kier molecular flexibility index (Phi) is 8.82. The van der Waals surface area contributed by atoms with Crippen molar-refractivity contribution in [1.29, 1.82) is 0 Å². The first kappa shape index (κ1) is 25.0. The standard InChI is InChI=1S/C28H35N5O/c1-6-21(2)18-25(23-8-7-9-24(19-23)28(34)30-15-17-32(4)5)20-27-22(3)12-16-33(27)31-26-10-13-29-14-11-26/h7-14,16,18-20H,6,15,17H2,1-5H3,(H,29,31)(H,30,34)/b21-18+,25-20+. The third-order valence-corrected chi connectivity index (χ3v) is 5.62. The number of rotatable bonds is 10. The van der Waals surface area contributed by atoms with Gasteiger partial charge in [0.2, 0.25) is 0 Å². The number of likely N-dealkylation sites (N-methyl/N-ethyl adjacent to an activating group) is 1. The number of pyridine rings is 1. The van der Waals surface area contributed by atoms with Gasteiger partial charge in [0.25, 0.3) is 5.91 Å². The number of aryl methyl sites for hydroxylation is 1. The van der Waals surface area contributed by atoms with Crippen molar-refractivity contribution in [2.24, 2.45) is 0 Å². The number of nitrogens with zero attached hydrogens (tertiary/aromatic N) is 3. The Bertz CT molecular complexity index is 1160. The summed E-state index contributed by atoms with van der Waals surface area (Å²) in [5.74, 6) is -0.0573. The minimum Gasteiger partial charge on any atom is -0.351 e. The molecule has 6 nitrogen and oxygen atoms in total. The maximum atomic E-state index is 12.7. The van der Waals surface area contributed by atoms with E-state index in [2.05, 4.69) is 60.8 Å². The molecule has 3 rings (SSSR count). The van der Waals surface area contributed by atoms with Crippen LogP contribution in [0.2, 0.25) is 0 Å². The molecule has 178 valence electrons. The molecule has 2 N–H and O–H groups in total. The second-order valence-electron chi connectivity index (χ2n) is 8.69. The molecule has 0 unspecified atom stereocenters. The molecule has 6 heteroatoms. The molecule has 0 spiro atoms. The van der Waals surface area contributed by atoms with Crippen molar-refractivity contribution in [2.45, 2.75) is 27.2 Å². The number of aromatic nitrogens is 2. The molecule has 0 atom stereocenters. The molecule has 0 saturated carbocycles. The lowest BCUT2D eigenvalue weighted by molar-refractivity contribution is 0.0951. The number of amides is 1. The van der Waals surface area contributed by atoms with Crippen LogP contribution in [0, 0.1) is 6.92 Å². The van der Waals surface area contributed by atoms with Gasteiger partial charge in [-0.05, 0) is 87.5 Å². The van der Waals surface area contributed by atoms with Gasteiger partial charge in [-0.25, -0.2) is 0 Å². The van der Waals surface area contributed by atoms with Crippen LogP contribution in [-0.4, -0.2) is 47.7 Å². The van der Waals surface area contributed by atoms with E-state index in [1.807, 2.05) is 60.2 Å². The lowest BCUT2D eigenvalue weighted by atomic mass is 9.98. The number of hydrogen-bond acceptors (Lipinski definition) is 4. The summed E-state index contributed by atoms with van der Waals surface area (Å²) in [6.07, 6.45) is 10.9. The zero-order valence-electron chi connectivity index (χ0n) is 20.8. The molecule has 34 heavy (non-hydrogen) atoms. The average molecular weight is 458 g/mol. The predicted molar refractivity (Wildman–Crippen MR) is 142 cm³/mol. The maximum Gasteiger partial charge on any atom is 0.251 e. The van der Waals surface area contributed by atoms with Crippen molar-refractivity contribution >= 4 is 23.2 Å². The molecule has 3 aromatic rings. The number of carbonyl (C=O) groups excluding carboxylic acids is 1. The lowest BCUT2D eigenvalue weighted by Crippen LogP contribution is -2.31. The molecule has 0 aliphatic heterocycles. The molecule has 0 bridgehead atoms. The van der Waals surface area contributed by atoms with Crippen molar-refractivity contribution in [2.75, 3.05) is 32.6 Å². The summed E-state index contributed by atoms with van der Waals surface area (Å²) in [6.45, 7) is 7.79. The summed E-state index contributed by atoms with van der Waals surface area (Å²) in [6, 6.07) is 13.8. The first-order chi connectivity index (χ1) is 16.4. The van der Waals surface area contributed by atoms with E-state index in [0.29, 0.717) is 12.1 Å². The van der Waals surface area contributed by atoms with Crippen LogP contribution in [0.5, 0.6) is 0 Å². The Morgan fingerprint density at radius 1 is 1.12 bits per heavy atom. The van der Waals surface area contributed by atoms with Crippen molar-refractivity contribution < 1.29 is 4.79 Å². The van der Waals surface area contributed by atoms with Crippen molar-refractivity contribution in [3.63, 3.8) is 0 Å². The van der Waals surface area contributed by atoms with Gasteiger partial charge in [-0.2, -0.15) is 0 Å². The van der Waals surface area contributed by atoms with E-state index < -0.39 is 0 Å². The minimum absolute atomic E-state index is 0.0573. The second-order valence-corrected chi connectivity index (χ2v) is 8.69. The number of anilines is 1. The topological polar surface area (TPSA) is 62.2 Å². The van der Waals surface area contributed by atoms with Crippen LogP contribution in [0.25, 0.3) is 11.6 Å². The summed E-state index contributed by atoms with van der Waals surface area (Å²) in [4.78, 5) is 18.9. The lowest BCUT2D eigenvalue weighted by Gasteiger charge is -2.13. The smallest absolute Gasteiger partial charge is 0.251 e. The molecular weight excluding hydrogens is 422 g/mol. The van der Waals surface area contributed by atoms with Crippen LogP contribution in [0.3, 0.4) is 0 Å². The Hall–Kier alpha value is -3.64. The van der Waals surface area contributed by atoms with Gasteiger partial charge in [0.05, 0.1) is 11.4 Å². The number of hydrogen-bond donors (Lipinski definition) is 2. The highest BCUT2D eigenvalue weighted by molar-refractivity contribution is 5.96. The molecule has 2 aromatic heterocycles. The van der Waals surface area contributed by atoms with E-state index in [1.54, 1.807) is 12.4 Å². The van der Waals surface area contributed by atoms with Gasteiger partial charge in [0.15, 0.2) is 0 Å². The molecule has 0 saturated heterocycles. The molecule has 0 radical (unpaired) electrons. The molecule has 0 aliphatic carbocycles. The van der Waals surface area contributed by atoms with Crippen molar-refractivity contribution in [1.82, 2.24) is 19.9 Å². The fourth-order valence-corrected chi connectivity index (χ4v) is 3.45. The minimum atomic E-state index is -0.0573. The van der Waals surface area contributed by atoms with Crippen molar-refractivity contribution in [3.8, 4) is 0 Å². The fourth-order valence-electron chi connectivity index (χ4n) is 3.45. The third kappa shape index (κ3) is 6.93. The normalized spacial score (nSPS) is 12.2. The monoisotopic (exact) mass is 457 g/mol. The van der Waals surface area contributed by atoms with Gasteiger partial charge in [-0.15, -0.1) is 0 Å². The highest BCUT2D eigenvalue weighted by Crippen LogP contribution is 2.25. The van der Waals surface area contributed by atoms with Gasteiger partial charge >= 0.3 is 0 Å². The quantitative estimate of drug-likeness (QED) is 0.408. The predicted octanol–water partition coefficient (Wildman–Crippen LogP) is 5.26. The van der Waals surface area contributed by atoms with E-state index in [9.17, 15) is 4.79 Å². The third-order valence-electron chi connectivity index (χ3n) is 5.62. The highest BCUT2D eigenvalue weighted by Gasteiger charge is 2.10. The van der Waals surface area contributed by atoms with E-state index in [1.165, 1.54) is 5.57 Å². The van der Waals surface area contributed by atoms with E-state index >= 15 is 0 Å². The first-order valence-electron chi connectivity index (χ1n) is 11.6. The zero-order valence-corrected chi connectivity index (χ0v) is 20.8. The average Bonchev–Trinajstić information content (AvgIpc) is 3.17. The van der Waals surface area contributed by atoms with E-state index in [4.69, 9.17) is 0 Å². The van der Waals surface area contributed by atoms with Crippen LogP contribution in [0.4, 0.5) is 5.69 Å². The summed E-state index contributed by atoms with van der Waals surface area (Å²) in [7, 11) is 3.99. The summed E-state index contributed by atoms with van der Waals surface area (Å²) >= 11 is 0. The Morgan fingerprint density at radius 2 is 1.85 bits per heavy atom. The second kappa shape index (κ2) is 12.0. The van der Waals surface area contributed by atoms with Crippen LogP contribution < -0.4 is 10.7 Å². The van der Waals surface area contributed by atoms with Crippen molar-refractivity contribution in [3.05, 3.63) is 95.1 Å². The van der Waals surface area contributed by atoms with Gasteiger partial charge in [0, 0.05) is 37.2 Å². The zero-order chi connectivity index (χ0) is 24.5. The van der Waals surface area contributed by atoms with Crippen LogP contribution in [0.15, 0.2) is 72.7 Å². The van der Waals surface area contributed by atoms with Gasteiger partial charge < -0.3 is 10.2 Å². The Balaban J connectivity index is 1.96. The van der Waals surface area contributed by atoms with Crippen LogP contribution in [-0.2, 0) is 0 Å².